The molecule has 0 radical (unpaired) electrons. The first-order chi connectivity index (χ1) is 7.15. The lowest BCUT2D eigenvalue weighted by Crippen LogP contribution is -2.28. The second-order valence-corrected chi connectivity index (χ2v) is 4.41. The molecule has 0 aliphatic carbocycles. The lowest BCUT2D eigenvalue weighted by Gasteiger charge is -2.13. The monoisotopic (exact) mass is 274 g/mol. The summed E-state index contributed by atoms with van der Waals surface area (Å²) in [6, 6.07) is 5.30. The number of halogens is 2. The van der Waals surface area contributed by atoms with Gasteiger partial charge in [0.15, 0.2) is 0 Å². The molecule has 0 saturated heterocycles. The zero-order valence-corrected chi connectivity index (χ0v) is 10.3. The fourth-order valence-electron chi connectivity index (χ4n) is 1.33. The van der Waals surface area contributed by atoms with Crippen molar-refractivity contribution in [3.8, 4) is 0 Å². The minimum atomic E-state index is -0.183. The second kappa shape index (κ2) is 6.20. The van der Waals surface area contributed by atoms with Gasteiger partial charge in [0.2, 0.25) is 0 Å². The summed E-state index contributed by atoms with van der Waals surface area (Å²) in [4.78, 5) is 0. The van der Waals surface area contributed by atoms with E-state index in [-0.39, 0.29) is 5.82 Å². The molecule has 0 fully saturated rings. The Morgan fingerprint density at radius 3 is 2.87 bits per heavy atom. The van der Waals surface area contributed by atoms with Gasteiger partial charge in [0.25, 0.3) is 0 Å². The van der Waals surface area contributed by atoms with Crippen molar-refractivity contribution in [1.82, 2.24) is 5.32 Å². The Labute approximate surface area is 98.2 Å². The van der Waals surface area contributed by atoms with Crippen molar-refractivity contribution in [3.63, 3.8) is 0 Å². The van der Waals surface area contributed by atoms with Gasteiger partial charge < -0.3 is 11.1 Å². The zero-order valence-electron chi connectivity index (χ0n) is 8.76. The van der Waals surface area contributed by atoms with Crippen LogP contribution in [0.1, 0.15) is 18.9 Å². The fourth-order valence-corrected chi connectivity index (χ4v) is 1.81. The molecule has 1 atom stereocenters. The minimum Gasteiger partial charge on any atom is -0.330 e. The molecule has 1 aromatic rings. The van der Waals surface area contributed by atoms with Crippen molar-refractivity contribution in [1.29, 1.82) is 0 Å². The maximum absolute atomic E-state index is 13.4. The van der Waals surface area contributed by atoms with E-state index in [1.54, 1.807) is 6.07 Å². The Kier molecular flexibility index (Phi) is 5.22. The van der Waals surface area contributed by atoms with Gasteiger partial charge in [-0.15, -0.1) is 0 Å². The van der Waals surface area contributed by atoms with Gasteiger partial charge >= 0.3 is 0 Å². The number of hydrogen-bond donors (Lipinski definition) is 2. The second-order valence-electron chi connectivity index (χ2n) is 3.56. The van der Waals surface area contributed by atoms with Gasteiger partial charge in [-0.05, 0) is 32.0 Å². The third-order valence-electron chi connectivity index (χ3n) is 2.29. The summed E-state index contributed by atoms with van der Waals surface area (Å²) in [6.45, 7) is 3.21. The highest BCUT2D eigenvalue weighted by Gasteiger charge is 2.07. The largest absolute Gasteiger partial charge is 0.330 e. The van der Waals surface area contributed by atoms with Crippen LogP contribution in [0.4, 0.5) is 4.39 Å². The molecule has 0 amide bonds. The molecule has 4 heteroatoms. The van der Waals surface area contributed by atoms with Crippen LogP contribution in [-0.2, 0) is 6.54 Å². The van der Waals surface area contributed by atoms with Crippen LogP contribution in [-0.4, -0.2) is 12.6 Å². The first-order valence-corrected chi connectivity index (χ1v) is 5.80. The topological polar surface area (TPSA) is 38.0 Å². The van der Waals surface area contributed by atoms with Crippen molar-refractivity contribution in [2.24, 2.45) is 5.73 Å². The normalized spacial score (nSPS) is 12.8. The Hall–Kier alpha value is -0.450. The first-order valence-electron chi connectivity index (χ1n) is 5.01. The quantitative estimate of drug-likeness (QED) is 0.866. The number of rotatable bonds is 5. The van der Waals surface area contributed by atoms with Crippen LogP contribution >= 0.6 is 15.9 Å². The molecular formula is C11H16BrFN2. The average molecular weight is 275 g/mol. The van der Waals surface area contributed by atoms with Crippen LogP contribution in [0.2, 0.25) is 0 Å². The molecule has 0 saturated carbocycles. The molecular weight excluding hydrogens is 259 g/mol. The zero-order chi connectivity index (χ0) is 11.3. The van der Waals surface area contributed by atoms with Gasteiger partial charge in [-0.2, -0.15) is 0 Å². The van der Waals surface area contributed by atoms with Crippen LogP contribution < -0.4 is 11.1 Å². The molecule has 0 heterocycles. The molecule has 0 bridgehead atoms. The van der Waals surface area contributed by atoms with E-state index in [9.17, 15) is 4.39 Å². The van der Waals surface area contributed by atoms with Gasteiger partial charge in [0, 0.05) is 22.6 Å². The molecule has 1 rings (SSSR count). The Morgan fingerprint density at radius 1 is 1.53 bits per heavy atom. The maximum atomic E-state index is 13.4. The maximum Gasteiger partial charge on any atom is 0.128 e. The van der Waals surface area contributed by atoms with E-state index in [1.807, 2.05) is 13.0 Å². The van der Waals surface area contributed by atoms with Crippen LogP contribution in [0.3, 0.4) is 0 Å². The van der Waals surface area contributed by atoms with Crippen molar-refractivity contribution >= 4 is 15.9 Å². The molecule has 3 N–H and O–H groups in total. The predicted octanol–water partition coefficient (Wildman–Crippen LogP) is 2.42. The highest BCUT2D eigenvalue weighted by molar-refractivity contribution is 9.10. The molecule has 0 spiro atoms. The average Bonchev–Trinajstić information content (AvgIpc) is 2.17. The van der Waals surface area contributed by atoms with E-state index in [2.05, 4.69) is 21.2 Å². The molecule has 1 aromatic carbocycles. The molecule has 0 aromatic heterocycles. The third kappa shape index (κ3) is 3.89. The summed E-state index contributed by atoms with van der Waals surface area (Å²) >= 11 is 3.33. The lowest BCUT2D eigenvalue weighted by molar-refractivity contribution is 0.505. The smallest absolute Gasteiger partial charge is 0.128 e. The lowest BCUT2D eigenvalue weighted by atomic mass is 10.2. The standard InChI is InChI=1S/C11H16BrFN2/c1-8(5-6-14)15-7-9-10(12)3-2-4-11(9)13/h2-4,8,15H,5-7,14H2,1H3. The van der Waals surface area contributed by atoms with Gasteiger partial charge in [0.05, 0.1) is 0 Å². The van der Waals surface area contributed by atoms with Crippen LogP contribution in [0, 0.1) is 5.82 Å². The third-order valence-corrected chi connectivity index (χ3v) is 3.03. The van der Waals surface area contributed by atoms with E-state index in [0.29, 0.717) is 24.7 Å². The summed E-state index contributed by atoms with van der Waals surface area (Å²) in [5, 5.41) is 3.23. The molecule has 2 nitrogen and oxygen atoms in total. The number of nitrogens with one attached hydrogen (secondary N) is 1. The molecule has 0 aliphatic heterocycles. The number of benzene rings is 1. The van der Waals surface area contributed by atoms with E-state index < -0.39 is 0 Å². The van der Waals surface area contributed by atoms with Crippen molar-refractivity contribution < 1.29 is 4.39 Å². The minimum absolute atomic E-state index is 0.183. The first kappa shape index (κ1) is 12.6. The van der Waals surface area contributed by atoms with Crippen LogP contribution in [0.25, 0.3) is 0 Å². The SMILES string of the molecule is CC(CCN)NCc1c(F)cccc1Br. The van der Waals surface area contributed by atoms with Gasteiger partial charge in [0.1, 0.15) is 5.82 Å². The van der Waals surface area contributed by atoms with E-state index in [4.69, 9.17) is 5.73 Å². The Bertz CT molecular complexity index is 297. The van der Waals surface area contributed by atoms with E-state index in [1.165, 1.54) is 6.07 Å². The molecule has 84 valence electrons. The summed E-state index contributed by atoms with van der Waals surface area (Å²) in [5.41, 5.74) is 6.10. The van der Waals surface area contributed by atoms with E-state index in [0.717, 1.165) is 10.9 Å². The summed E-state index contributed by atoms with van der Waals surface area (Å²) in [7, 11) is 0. The van der Waals surface area contributed by atoms with Crippen LogP contribution in [0.15, 0.2) is 22.7 Å². The number of nitrogens with two attached hydrogens (primary N) is 1. The van der Waals surface area contributed by atoms with Crippen molar-refractivity contribution in [2.75, 3.05) is 6.54 Å². The van der Waals surface area contributed by atoms with Crippen LogP contribution in [0.5, 0.6) is 0 Å². The van der Waals surface area contributed by atoms with E-state index >= 15 is 0 Å². The highest BCUT2D eigenvalue weighted by atomic mass is 79.9. The van der Waals surface area contributed by atoms with Gasteiger partial charge in [-0.1, -0.05) is 22.0 Å². The number of hydrogen-bond acceptors (Lipinski definition) is 2. The summed E-state index contributed by atoms with van der Waals surface area (Å²) in [5.74, 6) is -0.183. The predicted molar refractivity (Wildman–Crippen MR) is 64.1 cm³/mol. The summed E-state index contributed by atoms with van der Waals surface area (Å²) in [6.07, 6.45) is 0.895. The van der Waals surface area contributed by atoms with Gasteiger partial charge in [-0.3, -0.25) is 0 Å². The molecule has 1 unspecified atom stereocenters. The fraction of sp³-hybridized carbons (Fsp3) is 0.455. The van der Waals surface area contributed by atoms with Crippen molar-refractivity contribution in [2.45, 2.75) is 25.9 Å². The molecule has 15 heavy (non-hydrogen) atoms. The highest BCUT2D eigenvalue weighted by Crippen LogP contribution is 2.19. The Balaban J connectivity index is 2.57. The van der Waals surface area contributed by atoms with Crippen molar-refractivity contribution in [3.05, 3.63) is 34.1 Å². The Morgan fingerprint density at radius 2 is 2.27 bits per heavy atom. The molecule has 0 aliphatic rings. The summed E-state index contributed by atoms with van der Waals surface area (Å²) < 4.78 is 14.2. The van der Waals surface area contributed by atoms with Gasteiger partial charge in [-0.25, -0.2) is 4.39 Å².